The SMILES string of the molecule is COc1cc(NC(=O)C[C@@H]2C(=O)N(c3ccc(F)cc3)C(=O)N2Cc2ccc(F)cc2)cc(OC)c1. The number of hydrogen-bond acceptors (Lipinski definition) is 5. The van der Waals surface area contributed by atoms with Gasteiger partial charge in [-0.3, -0.25) is 9.59 Å². The van der Waals surface area contributed by atoms with E-state index in [0.717, 1.165) is 17.0 Å². The monoisotopic (exact) mass is 495 g/mol. The van der Waals surface area contributed by atoms with E-state index in [9.17, 15) is 23.2 Å². The van der Waals surface area contributed by atoms with Gasteiger partial charge in [-0.05, 0) is 42.0 Å². The second-order valence-electron chi connectivity index (χ2n) is 8.06. The molecule has 1 heterocycles. The third kappa shape index (κ3) is 5.27. The molecule has 1 fully saturated rings. The largest absolute Gasteiger partial charge is 0.497 e. The van der Waals surface area contributed by atoms with Gasteiger partial charge in [0.2, 0.25) is 5.91 Å². The zero-order valence-corrected chi connectivity index (χ0v) is 19.5. The molecule has 1 N–H and O–H groups in total. The maximum atomic E-state index is 13.4. The summed E-state index contributed by atoms with van der Waals surface area (Å²) in [5, 5.41) is 2.70. The molecule has 1 atom stereocenters. The Morgan fingerprint density at radius 3 is 2.00 bits per heavy atom. The second kappa shape index (κ2) is 10.4. The Bertz CT molecular complexity index is 1260. The molecule has 1 aliphatic rings. The number of ether oxygens (including phenoxy) is 2. The highest BCUT2D eigenvalue weighted by molar-refractivity contribution is 6.22. The number of hydrogen-bond donors (Lipinski definition) is 1. The van der Waals surface area contributed by atoms with Gasteiger partial charge in [0.25, 0.3) is 5.91 Å². The van der Waals surface area contributed by atoms with E-state index in [1.54, 1.807) is 18.2 Å². The van der Waals surface area contributed by atoms with Gasteiger partial charge in [-0.2, -0.15) is 0 Å². The Morgan fingerprint density at radius 2 is 1.44 bits per heavy atom. The van der Waals surface area contributed by atoms with Crippen LogP contribution in [-0.4, -0.2) is 43.0 Å². The van der Waals surface area contributed by atoms with E-state index in [0.29, 0.717) is 22.7 Å². The number of nitrogens with zero attached hydrogens (tertiary/aromatic N) is 2. The summed E-state index contributed by atoms with van der Waals surface area (Å²) in [5.74, 6) is -1.21. The predicted octanol–water partition coefficient (Wildman–Crippen LogP) is 4.35. The molecule has 0 unspecified atom stereocenters. The minimum Gasteiger partial charge on any atom is -0.497 e. The van der Waals surface area contributed by atoms with Gasteiger partial charge in [0.1, 0.15) is 29.2 Å². The molecular weight excluding hydrogens is 472 g/mol. The highest BCUT2D eigenvalue weighted by Gasteiger charge is 2.46. The van der Waals surface area contributed by atoms with Gasteiger partial charge < -0.3 is 19.7 Å². The second-order valence-corrected chi connectivity index (χ2v) is 8.06. The number of amides is 4. The molecule has 4 amide bonds. The Kier molecular flexibility index (Phi) is 7.14. The third-order valence-electron chi connectivity index (χ3n) is 5.68. The zero-order valence-electron chi connectivity index (χ0n) is 19.5. The Morgan fingerprint density at radius 1 is 0.889 bits per heavy atom. The van der Waals surface area contributed by atoms with Crippen molar-refractivity contribution in [3.63, 3.8) is 0 Å². The van der Waals surface area contributed by atoms with Crippen LogP contribution in [0.1, 0.15) is 12.0 Å². The summed E-state index contributed by atoms with van der Waals surface area (Å²) in [6.07, 6.45) is -0.344. The van der Waals surface area contributed by atoms with E-state index in [2.05, 4.69) is 5.32 Å². The van der Waals surface area contributed by atoms with Crippen LogP contribution in [0, 0.1) is 11.6 Å². The highest BCUT2D eigenvalue weighted by Crippen LogP contribution is 2.30. The molecule has 3 aromatic carbocycles. The fourth-order valence-corrected chi connectivity index (χ4v) is 3.90. The van der Waals surface area contributed by atoms with Gasteiger partial charge in [0.05, 0.1) is 26.3 Å². The van der Waals surface area contributed by atoms with Gasteiger partial charge in [0, 0.05) is 30.4 Å². The van der Waals surface area contributed by atoms with Crippen molar-refractivity contribution >= 4 is 29.2 Å². The van der Waals surface area contributed by atoms with Gasteiger partial charge in [0.15, 0.2) is 0 Å². The Labute approximate surface area is 206 Å². The number of benzene rings is 3. The fourth-order valence-electron chi connectivity index (χ4n) is 3.90. The van der Waals surface area contributed by atoms with Crippen molar-refractivity contribution < 1.29 is 32.6 Å². The van der Waals surface area contributed by atoms with Crippen LogP contribution in [0.4, 0.5) is 25.0 Å². The normalized spacial score (nSPS) is 15.3. The van der Waals surface area contributed by atoms with Crippen molar-refractivity contribution in [2.24, 2.45) is 0 Å². The van der Waals surface area contributed by atoms with Gasteiger partial charge >= 0.3 is 6.03 Å². The van der Waals surface area contributed by atoms with Gasteiger partial charge in [-0.25, -0.2) is 18.5 Å². The van der Waals surface area contributed by atoms with E-state index in [1.165, 1.54) is 55.5 Å². The standard InChI is InChI=1S/C26H23F2N3O5/c1-35-21-11-19(12-22(13-21)36-2)29-24(32)14-23-25(33)31(20-9-7-18(28)8-10-20)26(34)30(23)15-16-3-5-17(27)6-4-16/h3-13,23H,14-15H2,1-2H3,(H,29,32)/t23-/m1/s1. The Hall–Kier alpha value is -4.47. The summed E-state index contributed by atoms with van der Waals surface area (Å²) in [5.41, 5.74) is 1.13. The average molecular weight is 495 g/mol. The minimum atomic E-state index is -1.14. The summed E-state index contributed by atoms with van der Waals surface area (Å²) >= 11 is 0. The van der Waals surface area contributed by atoms with E-state index in [1.807, 2.05) is 0 Å². The Balaban J connectivity index is 1.60. The number of imide groups is 1. The summed E-state index contributed by atoms with van der Waals surface area (Å²) in [6.45, 7) is -0.0342. The number of methoxy groups -OCH3 is 2. The number of carbonyl (C=O) groups is 3. The first kappa shape index (κ1) is 24.6. The van der Waals surface area contributed by atoms with Crippen LogP contribution in [0.3, 0.4) is 0 Å². The number of urea groups is 1. The summed E-state index contributed by atoms with van der Waals surface area (Å²) in [4.78, 5) is 41.7. The third-order valence-corrected chi connectivity index (χ3v) is 5.68. The molecule has 36 heavy (non-hydrogen) atoms. The first-order valence-electron chi connectivity index (χ1n) is 11.0. The summed E-state index contributed by atoms with van der Waals surface area (Å²) in [7, 11) is 2.95. The van der Waals surface area contributed by atoms with Crippen molar-refractivity contribution in [2.75, 3.05) is 24.4 Å². The molecule has 0 aliphatic carbocycles. The molecule has 0 saturated carbocycles. The van der Waals surface area contributed by atoms with E-state index < -0.39 is 35.5 Å². The number of anilines is 2. The average Bonchev–Trinajstić information content (AvgIpc) is 3.09. The molecule has 0 aromatic heterocycles. The molecular formula is C26H23F2N3O5. The quantitative estimate of drug-likeness (QED) is 0.470. The lowest BCUT2D eigenvalue weighted by Gasteiger charge is -2.22. The maximum Gasteiger partial charge on any atom is 0.332 e. The summed E-state index contributed by atoms with van der Waals surface area (Å²) < 4.78 is 37.2. The van der Waals surface area contributed by atoms with Crippen LogP contribution in [0.25, 0.3) is 0 Å². The van der Waals surface area contributed by atoms with Crippen LogP contribution in [0.5, 0.6) is 11.5 Å². The molecule has 0 radical (unpaired) electrons. The van der Waals surface area contributed by atoms with Crippen LogP contribution in [-0.2, 0) is 16.1 Å². The van der Waals surface area contributed by atoms with E-state index >= 15 is 0 Å². The lowest BCUT2D eigenvalue weighted by molar-refractivity contribution is -0.124. The van der Waals surface area contributed by atoms with Gasteiger partial charge in [-0.15, -0.1) is 0 Å². The van der Waals surface area contributed by atoms with Crippen molar-refractivity contribution in [3.05, 3.63) is 83.9 Å². The topological polar surface area (TPSA) is 88.2 Å². The van der Waals surface area contributed by atoms with Crippen LogP contribution >= 0.6 is 0 Å². The van der Waals surface area contributed by atoms with Crippen molar-refractivity contribution in [1.29, 1.82) is 0 Å². The van der Waals surface area contributed by atoms with E-state index in [4.69, 9.17) is 9.47 Å². The predicted molar refractivity (Wildman–Crippen MR) is 128 cm³/mol. The van der Waals surface area contributed by atoms with Crippen LogP contribution in [0.15, 0.2) is 66.7 Å². The molecule has 8 nitrogen and oxygen atoms in total. The molecule has 3 aromatic rings. The lowest BCUT2D eigenvalue weighted by atomic mass is 10.1. The first-order chi connectivity index (χ1) is 17.3. The molecule has 4 rings (SSSR count). The number of nitrogens with one attached hydrogen (secondary N) is 1. The van der Waals surface area contributed by atoms with Crippen molar-refractivity contribution in [2.45, 2.75) is 19.0 Å². The summed E-state index contributed by atoms with van der Waals surface area (Å²) in [6, 6.07) is 13.4. The van der Waals surface area contributed by atoms with Crippen molar-refractivity contribution in [1.82, 2.24) is 4.90 Å². The molecule has 10 heteroatoms. The smallest absolute Gasteiger partial charge is 0.332 e. The zero-order chi connectivity index (χ0) is 25.8. The fraction of sp³-hybridized carbons (Fsp3) is 0.192. The number of carbonyl (C=O) groups excluding carboxylic acids is 3. The number of rotatable bonds is 8. The van der Waals surface area contributed by atoms with Crippen LogP contribution in [0.2, 0.25) is 0 Å². The van der Waals surface area contributed by atoms with E-state index in [-0.39, 0.29) is 18.7 Å². The van der Waals surface area contributed by atoms with Crippen LogP contribution < -0.4 is 19.7 Å². The molecule has 0 bridgehead atoms. The minimum absolute atomic E-state index is 0.0342. The lowest BCUT2D eigenvalue weighted by Crippen LogP contribution is -2.37. The molecule has 1 aliphatic heterocycles. The molecule has 0 spiro atoms. The highest BCUT2D eigenvalue weighted by atomic mass is 19.1. The molecule has 186 valence electrons. The van der Waals surface area contributed by atoms with Gasteiger partial charge in [-0.1, -0.05) is 12.1 Å². The molecule has 1 saturated heterocycles. The van der Waals surface area contributed by atoms with Crippen molar-refractivity contribution in [3.8, 4) is 11.5 Å². The first-order valence-corrected chi connectivity index (χ1v) is 11.0. The number of halogens is 2. The maximum absolute atomic E-state index is 13.4.